The van der Waals surface area contributed by atoms with Crippen molar-refractivity contribution in [2.24, 2.45) is 0 Å². The lowest BCUT2D eigenvalue weighted by Gasteiger charge is -2.38. The number of anilines is 2. The molecule has 1 aliphatic rings. The Morgan fingerprint density at radius 3 is 2.62 bits per heavy atom. The second-order valence-corrected chi connectivity index (χ2v) is 7.58. The van der Waals surface area contributed by atoms with Crippen LogP contribution >= 0.6 is 39.7 Å². The molecule has 4 nitrogen and oxygen atoms in total. The summed E-state index contributed by atoms with van der Waals surface area (Å²) in [6.07, 6.45) is 0. The highest BCUT2D eigenvalue weighted by Crippen LogP contribution is 2.29. The number of rotatable bonds is 4. The van der Waals surface area contributed by atoms with Crippen molar-refractivity contribution in [1.29, 1.82) is 0 Å². The lowest BCUT2D eigenvalue weighted by molar-refractivity contribution is 0.336. The molecule has 0 bridgehead atoms. The number of halogens is 2. The summed E-state index contributed by atoms with van der Waals surface area (Å²) in [5.41, 5.74) is 2.04. The molecule has 1 heterocycles. The number of para-hydroxylation sites is 2. The molecule has 1 aliphatic heterocycles. The van der Waals surface area contributed by atoms with Gasteiger partial charge in [-0.15, -0.1) is 0 Å². The highest BCUT2D eigenvalue weighted by Gasteiger charge is 2.21. The minimum absolute atomic E-state index is 0.662. The van der Waals surface area contributed by atoms with Crippen LogP contribution in [-0.2, 0) is 0 Å². The van der Waals surface area contributed by atoms with Crippen LogP contribution in [0.2, 0.25) is 5.02 Å². The van der Waals surface area contributed by atoms with Crippen LogP contribution in [0.4, 0.5) is 11.4 Å². The standard InChI is InChI=1S/C19H21BrClN3OS/c1-2-25-18-6-4-3-5-17(18)23-9-11-24(12-10-23)19(26)22-14-7-8-15(20)16(21)13-14/h3-8,13H,2,9-12H2,1H3,(H,22,26). The summed E-state index contributed by atoms with van der Waals surface area (Å²) in [5, 5.41) is 4.66. The van der Waals surface area contributed by atoms with Gasteiger partial charge in [0, 0.05) is 36.3 Å². The first-order valence-electron chi connectivity index (χ1n) is 8.56. The molecule has 0 radical (unpaired) electrons. The lowest BCUT2D eigenvalue weighted by Crippen LogP contribution is -2.50. The average molecular weight is 455 g/mol. The van der Waals surface area contributed by atoms with Gasteiger partial charge in [-0.2, -0.15) is 0 Å². The number of hydrogen-bond acceptors (Lipinski definition) is 3. The smallest absolute Gasteiger partial charge is 0.173 e. The van der Waals surface area contributed by atoms with Crippen LogP contribution in [0, 0.1) is 0 Å². The molecule has 1 N–H and O–H groups in total. The van der Waals surface area contributed by atoms with Gasteiger partial charge in [0.2, 0.25) is 0 Å². The Kier molecular flexibility index (Phi) is 6.62. The molecule has 0 amide bonds. The van der Waals surface area contributed by atoms with Gasteiger partial charge in [-0.1, -0.05) is 23.7 Å². The molecule has 1 saturated heterocycles. The normalized spacial score (nSPS) is 14.3. The van der Waals surface area contributed by atoms with Crippen LogP contribution in [0.25, 0.3) is 0 Å². The van der Waals surface area contributed by atoms with Crippen molar-refractivity contribution in [2.45, 2.75) is 6.92 Å². The molecule has 138 valence electrons. The van der Waals surface area contributed by atoms with Crippen LogP contribution < -0.4 is 15.0 Å². The molecule has 3 rings (SSSR count). The van der Waals surface area contributed by atoms with E-state index in [0.29, 0.717) is 11.6 Å². The number of nitrogens with zero attached hydrogens (tertiary/aromatic N) is 2. The van der Waals surface area contributed by atoms with Crippen LogP contribution in [0.5, 0.6) is 5.75 Å². The molecule has 0 spiro atoms. The number of nitrogens with one attached hydrogen (secondary N) is 1. The Labute approximate surface area is 173 Å². The number of ether oxygens (including phenoxy) is 1. The van der Waals surface area contributed by atoms with E-state index in [2.05, 4.69) is 37.1 Å². The molecule has 2 aromatic rings. The summed E-state index contributed by atoms with van der Waals surface area (Å²) >= 11 is 15.1. The van der Waals surface area contributed by atoms with Gasteiger partial charge in [0.05, 0.1) is 17.3 Å². The Bertz CT molecular complexity index is 781. The zero-order valence-electron chi connectivity index (χ0n) is 14.5. The van der Waals surface area contributed by atoms with Crippen molar-refractivity contribution in [3.63, 3.8) is 0 Å². The fraction of sp³-hybridized carbons (Fsp3) is 0.316. The quantitative estimate of drug-likeness (QED) is 0.655. The Hall–Kier alpha value is -1.50. The van der Waals surface area contributed by atoms with Crippen molar-refractivity contribution < 1.29 is 4.74 Å². The topological polar surface area (TPSA) is 27.7 Å². The summed E-state index contributed by atoms with van der Waals surface area (Å²) in [6.45, 7) is 6.18. The fourth-order valence-electron chi connectivity index (χ4n) is 2.92. The largest absolute Gasteiger partial charge is 0.492 e. The Morgan fingerprint density at radius 2 is 1.92 bits per heavy atom. The molecular formula is C19H21BrClN3OS. The van der Waals surface area contributed by atoms with E-state index in [-0.39, 0.29) is 0 Å². The van der Waals surface area contributed by atoms with Crippen molar-refractivity contribution >= 4 is 56.2 Å². The highest BCUT2D eigenvalue weighted by molar-refractivity contribution is 9.10. The molecule has 1 fully saturated rings. The molecule has 26 heavy (non-hydrogen) atoms. The number of benzene rings is 2. The van der Waals surface area contributed by atoms with Gasteiger partial charge < -0.3 is 19.9 Å². The minimum atomic E-state index is 0.662. The molecule has 0 aromatic heterocycles. The fourth-order valence-corrected chi connectivity index (χ4v) is 3.65. The monoisotopic (exact) mass is 453 g/mol. The molecule has 0 unspecified atom stereocenters. The maximum absolute atomic E-state index is 6.15. The van der Waals surface area contributed by atoms with Gasteiger partial charge in [0.15, 0.2) is 5.11 Å². The molecule has 0 aliphatic carbocycles. The van der Waals surface area contributed by atoms with Crippen LogP contribution in [0.3, 0.4) is 0 Å². The first-order valence-corrected chi connectivity index (χ1v) is 10.1. The minimum Gasteiger partial charge on any atom is -0.492 e. The molecular weight excluding hydrogens is 434 g/mol. The first kappa shape index (κ1) is 19.3. The number of thiocarbonyl (C=S) groups is 1. The van der Waals surface area contributed by atoms with E-state index in [1.54, 1.807) is 0 Å². The second-order valence-electron chi connectivity index (χ2n) is 5.93. The molecule has 2 aromatic carbocycles. The van der Waals surface area contributed by atoms with E-state index in [9.17, 15) is 0 Å². The van der Waals surface area contributed by atoms with Crippen LogP contribution in [0.1, 0.15) is 6.92 Å². The first-order chi connectivity index (χ1) is 12.6. The third kappa shape index (κ3) is 4.61. The number of hydrogen-bond donors (Lipinski definition) is 1. The van der Waals surface area contributed by atoms with Crippen LogP contribution in [0.15, 0.2) is 46.9 Å². The predicted octanol–water partition coefficient (Wildman–Crippen LogP) is 5.02. The lowest BCUT2D eigenvalue weighted by atomic mass is 10.2. The van der Waals surface area contributed by atoms with E-state index in [1.165, 1.54) is 0 Å². The summed E-state index contributed by atoms with van der Waals surface area (Å²) < 4.78 is 6.63. The van der Waals surface area contributed by atoms with Crippen LogP contribution in [-0.4, -0.2) is 42.8 Å². The summed E-state index contributed by atoms with van der Waals surface area (Å²) in [6, 6.07) is 13.9. The van der Waals surface area contributed by atoms with E-state index in [1.807, 2.05) is 43.3 Å². The second kappa shape index (κ2) is 8.93. The zero-order chi connectivity index (χ0) is 18.5. The van der Waals surface area contributed by atoms with E-state index in [0.717, 1.165) is 52.9 Å². The Balaban J connectivity index is 1.59. The van der Waals surface area contributed by atoms with E-state index in [4.69, 9.17) is 28.6 Å². The summed E-state index contributed by atoms with van der Waals surface area (Å²) in [5.74, 6) is 0.939. The molecule has 0 atom stereocenters. The zero-order valence-corrected chi connectivity index (χ0v) is 17.7. The van der Waals surface area contributed by atoms with Gasteiger partial charge >= 0.3 is 0 Å². The summed E-state index contributed by atoms with van der Waals surface area (Å²) in [4.78, 5) is 4.53. The van der Waals surface area contributed by atoms with Gasteiger partial charge in [0.1, 0.15) is 5.75 Å². The van der Waals surface area contributed by atoms with Crippen molar-refractivity contribution in [1.82, 2.24) is 4.90 Å². The third-order valence-corrected chi connectivity index (χ3v) is 5.84. The molecule has 0 saturated carbocycles. The SMILES string of the molecule is CCOc1ccccc1N1CCN(C(=S)Nc2ccc(Br)c(Cl)c2)CC1. The summed E-state index contributed by atoms with van der Waals surface area (Å²) in [7, 11) is 0. The van der Waals surface area contributed by atoms with Gasteiger partial charge in [-0.25, -0.2) is 0 Å². The van der Waals surface area contributed by atoms with Gasteiger partial charge in [0.25, 0.3) is 0 Å². The number of piperazine rings is 1. The van der Waals surface area contributed by atoms with E-state index >= 15 is 0 Å². The van der Waals surface area contributed by atoms with E-state index < -0.39 is 0 Å². The Morgan fingerprint density at radius 1 is 1.19 bits per heavy atom. The van der Waals surface area contributed by atoms with Crippen molar-refractivity contribution in [3.8, 4) is 5.75 Å². The predicted molar refractivity (Wildman–Crippen MR) is 117 cm³/mol. The van der Waals surface area contributed by atoms with Crippen molar-refractivity contribution in [2.75, 3.05) is 43.0 Å². The average Bonchev–Trinajstić information content (AvgIpc) is 2.66. The van der Waals surface area contributed by atoms with Crippen molar-refractivity contribution in [3.05, 3.63) is 52.0 Å². The van der Waals surface area contributed by atoms with Gasteiger partial charge in [-0.05, 0) is 65.4 Å². The maximum atomic E-state index is 6.15. The maximum Gasteiger partial charge on any atom is 0.173 e. The molecule has 7 heteroatoms. The third-order valence-electron chi connectivity index (χ3n) is 4.24. The van der Waals surface area contributed by atoms with Gasteiger partial charge in [-0.3, -0.25) is 0 Å². The highest BCUT2D eigenvalue weighted by atomic mass is 79.9.